The second kappa shape index (κ2) is 18.9. The van der Waals surface area contributed by atoms with Crippen molar-refractivity contribution in [2.24, 2.45) is 27.4 Å². The molecule has 236 valence electrons. The van der Waals surface area contributed by atoms with Gasteiger partial charge in [-0.25, -0.2) is 0 Å². The lowest BCUT2D eigenvalue weighted by Gasteiger charge is -2.48. The van der Waals surface area contributed by atoms with Gasteiger partial charge < -0.3 is 25.9 Å². The van der Waals surface area contributed by atoms with Crippen LogP contribution in [0.3, 0.4) is 0 Å². The largest absolute Gasteiger partial charge is 0.388 e. The lowest BCUT2D eigenvalue weighted by atomic mass is 9.57. The summed E-state index contributed by atoms with van der Waals surface area (Å²) in [5.74, 6) is -0.112. The molecule has 0 aromatic carbocycles. The predicted molar refractivity (Wildman–Crippen MR) is 171 cm³/mol. The Balaban J connectivity index is -0.00000326. The molecule has 0 rings (SSSR count). The van der Waals surface area contributed by atoms with E-state index in [-0.39, 0.29) is 46.7 Å². The zero-order valence-corrected chi connectivity index (χ0v) is 29.0. The van der Waals surface area contributed by atoms with Gasteiger partial charge in [0.05, 0.1) is 0 Å². The van der Waals surface area contributed by atoms with Crippen LogP contribution in [0.1, 0.15) is 135 Å². The summed E-state index contributed by atoms with van der Waals surface area (Å²) in [5.41, 5.74) is 3.82. The Kier molecular flexibility index (Phi) is 20.4. The molecule has 0 saturated heterocycles. The molecule has 1 unspecified atom stereocenters. The van der Waals surface area contributed by atoms with E-state index >= 15 is 0 Å². The quantitative estimate of drug-likeness (QED) is 0.193. The molecule has 4 N–H and O–H groups in total. The van der Waals surface area contributed by atoms with Crippen LogP contribution in [0.4, 0.5) is 0 Å². The maximum absolute atomic E-state index is 13.0. The molecule has 8 heteroatoms. The number of nitrogens with two attached hydrogens (primary N) is 1. The third-order valence-electron chi connectivity index (χ3n) is 7.26. The van der Waals surface area contributed by atoms with Gasteiger partial charge >= 0.3 is 0 Å². The van der Waals surface area contributed by atoms with Gasteiger partial charge in [-0.2, -0.15) is 0 Å². The van der Waals surface area contributed by atoms with Gasteiger partial charge in [0.15, 0.2) is 0 Å². The van der Waals surface area contributed by atoms with Gasteiger partial charge in [-0.15, -0.1) is 0 Å². The van der Waals surface area contributed by atoms with Gasteiger partial charge in [0.25, 0.3) is 0 Å². The number of nitrogens with one attached hydrogen (secondary N) is 2. The molecule has 2 amide bonds. The van der Waals surface area contributed by atoms with Gasteiger partial charge in [-0.1, -0.05) is 76.2 Å². The van der Waals surface area contributed by atoms with Gasteiger partial charge in [0.1, 0.15) is 13.6 Å². The molecule has 0 spiro atoms. The number of hydrogen-bond acceptors (Lipinski definition) is 5. The van der Waals surface area contributed by atoms with Crippen LogP contribution in [0.15, 0.2) is 0 Å². The molecule has 0 aromatic rings. The minimum absolute atomic E-state index is 0.000767. The third kappa shape index (κ3) is 19.6. The van der Waals surface area contributed by atoms with Crippen LogP contribution < -0.4 is 16.4 Å². The van der Waals surface area contributed by atoms with Crippen LogP contribution in [0, 0.1) is 21.7 Å². The molecule has 0 aliphatic rings. The third-order valence-corrected chi connectivity index (χ3v) is 7.26. The maximum atomic E-state index is 13.0. The predicted octanol–water partition coefficient (Wildman–Crippen LogP) is 6.16. The normalized spacial score (nSPS) is 13.2. The highest BCUT2D eigenvalue weighted by Gasteiger charge is 2.44. The molecule has 0 fully saturated rings. The molecule has 0 aromatic heterocycles. The summed E-state index contributed by atoms with van der Waals surface area (Å²) in [6.07, 6.45) is 3.40. The molecule has 7 nitrogen and oxygen atoms in total. The van der Waals surface area contributed by atoms with E-state index in [1.54, 1.807) is 0 Å². The summed E-state index contributed by atoms with van der Waals surface area (Å²) in [7, 11) is 7.60. The van der Waals surface area contributed by atoms with Crippen molar-refractivity contribution in [2.75, 3.05) is 20.2 Å². The van der Waals surface area contributed by atoms with E-state index < -0.39 is 17.0 Å². The summed E-state index contributed by atoms with van der Waals surface area (Å²) in [5, 5.41) is 5.98. The van der Waals surface area contributed by atoms with Crippen LogP contribution in [0.25, 0.3) is 0 Å². The Morgan fingerprint density at radius 3 is 1.75 bits per heavy atom. The van der Waals surface area contributed by atoms with Crippen molar-refractivity contribution in [1.29, 1.82) is 0 Å². The Labute approximate surface area is 249 Å². The topological polar surface area (TPSA) is 111 Å². The highest BCUT2D eigenvalue weighted by Crippen LogP contribution is 2.51. The van der Waals surface area contributed by atoms with E-state index in [4.69, 9.17) is 12.6 Å². The molecule has 0 saturated carbocycles. The van der Waals surface area contributed by atoms with Gasteiger partial charge in [0, 0.05) is 43.0 Å². The van der Waals surface area contributed by atoms with Crippen LogP contribution in [-0.2, 0) is 19.1 Å². The van der Waals surface area contributed by atoms with E-state index in [1.165, 1.54) is 14.0 Å². The standard InChI is InChI=1S/C29H55BN2O4.C2H6.CH5N/c1-21(33)13-14-23(34)32-29(11,12)16-18-36-22(30)15-17-31-24(35)26(5,6)20-28(9,10)27(7,8)19-25(2,3)4;2*1-2/h22H,13-20H2,1-12H3,(H,31,35)(H,32,34);1-2H3;2H2,1H3. The molecular weight excluding hydrogens is 501 g/mol. The summed E-state index contributed by atoms with van der Waals surface area (Å²) in [6.45, 7) is 30.1. The molecule has 0 aliphatic heterocycles. The van der Waals surface area contributed by atoms with E-state index in [0.717, 1.165) is 12.8 Å². The Bertz CT molecular complexity index is 741. The maximum Gasteiger partial charge on any atom is 0.225 e. The molecule has 0 bridgehead atoms. The fourth-order valence-corrected chi connectivity index (χ4v) is 4.90. The SMILES string of the molecule is CC.CN.[B]C(CCNC(=O)C(C)(C)CC(C)(C)C(C)(C)CC(C)(C)C)OCCC(C)(C)NC(=O)CCC(C)=O. The number of rotatable bonds is 16. The number of hydrogen-bond donors (Lipinski definition) is 3. The van der Waals surface area contributed by atoms with Crippen molar-refractivity contribution in [3.8, 4) is 0 Å². The minimum atomic E-state index is -0.506. The molecule has 40 heavy (non-hydrogen) atoms. The molecule has 2 radical (unpaired) electrons. The monoisotopic (exact) mass is 568 g/mol. The number of amides is 2. The average molecular weight is 568 g/mol. The zero-order valence-electron chi connectivity index (χ0n) is 29.0. The number of carbonyl (C=O) groups is 3. The molecular formula is C32H66BN3O4. The number of carbonyl (C=O) groups excluding carboxylic acids is 3. The first kappa shape index (κ1) is 43.1. The van der Waals surface area contributed by atoms with E-state index in [1.807, 2.05) is 41.5 Å². The number of Topliss-reactive ketones (excluding diaryl/α,β-unsaturated/α-hetero) is 1. The zero-order chi connectivity index (χ0) is 32.6. The smallest absolute Gasteiger partial charge is 0.225 e. The van der Waals surface area contributed by atoms with Gasteiger partial charge in [-0.05, 0) is 69.7 Å². The molecule has 1 atom stereocenters. The Hall–Kier alpha value is -1.41. The van der Waals surface area contributed by atoms with Crippen LogP contribution in [0.5, 0.6) is 0 Å². The van der Waals surface area contributed by atoms with Crippen molar-refractivity contribution in [1.82, 2.24) is 10.6 Å². The van der Waals surface area contributed by atoms with Crippen LogP contribution >= 0.6 is 0 Å². The lowest BCUT2D eigenvalue weighted by Crippen LogP contribution is -2.45. The van der Waals surface area contributed by atoms with Crippen molar-refractivity contribution >= 4 is 25.4 Å². The first-order valence-corrected chi connectivity index (χ1v) is 15.0. The number of ketones is 1. The van der Waals surface area contributed by atoms with Crippen molar-refractivity contribution in [2.45, 2.75) is 147 Å². The summed E-state index contributed by atoms with van der Waals surface area (Å²) < 4.78 is 5.72. The summed E-state index contributed by atoms with van der Waals surface area (Å²) >= 11 is 0. The first-order chi connectivity index (χ1) is 18.0. The van der Waals surface area contributed by atoms with E-state index in [0.29, 0.717) is 26.0 Å². The number of ether oxygens (including phenoxy) is 1. The highest BCUT2D eigenvalue weighted by atomic mass is 16.5. The van der Waals surface area contributed by atoms with Crippen LogP contribution in [0.2, 0.25) is 0 Å². The van der Waals surface area contributed by atoms with E-state index in [2.05, 4.69) is 64.8 Å². The molecule has 0 aliphatic carbocycles. The highest BCUT2D eigenvalue weighted by molar-refractivity contribution is 6.11. The fraction of sp³-hybridized carbons (Fsp3) is 0.906. The Morgan fingerprint density at radius 1 is 0.825 bits per heavy atom. The lowest BCUT2D eigenvalue weighted by molar-refractivity contribution is -0.132. The van der Waals surface area contributed by atoms with Gasteiger partial charge in [-0.3, -0.25) is 9.59 Å². The van der Waals surface area contributed by atoms with Crippen molar-refractivity contribution < 1.29 is 19.1 Å². The fourth-order valence-electron chi connectivity index (χ4n) is 4.90. The average Bonchev–Trinajstić information content (AvgIpc) is 2.77. The second-order valence-electron chi connectivity index (χ2n) is 14.4. The summed E-state index contributed by atoms with van der Waals surface area (Å²) in [6, 6.07) is -0.500. The molecule has 0 heterocycles. The Morgan fingerprint density at radius 2 is 1.30 bits per heavy atom. The second-order valence-corrected chi connectivity index (χ2v) is 14.4. The minimum Gasteiger partial charge on any atom is -0.388 e. The van der Waals surface area contributed by atoms with Gasteiger partial charge in [0.2, 0.25) is 11.8 Å². The first-order valence-electron chi connectivity index (χ1n) is 15.0. The van der Waals surface area contributed by atoms with Crippen molar-refractivity contribution in [3.05, 3.63) is 0 Å². The van der Waals surface area contributed by atoms with E-state index in [9.17, 15) is 14.4 Å². The van der Waals surface area contributed by atoms with Crippen LogP contribution in [-0.4, -0.2) is 57.2 Å². The summed E-state index contributed by atoms with van der Waals surface area (Å²) in [4.78, 5) is 36.1. The van der Waals surface area contributed by atoms with Crippen molar-refractivity contribution in [3.63, 3.8) is 0 Å².